The van der Waals surface area contributed by atoms with Gasteiger partial charge in [0.2, 0.25) is 0 Å². The van der Waals surface area contributed by atoms with Crippen molar-refractivity contribution >= 4 is 6.08 Å². The van der Waals surface area contributed by atoms with Crippen LogP contribution in [-0.2, 0) is 5.41 Å². The first-order valence-corrected chi connectivity index (χ1v) is 7.16. The zero-order chi connectivity index (χ0) is 14.7. The van der Waals surface area contributed by atoms with Gasteiger partial charge in [0, 0.05) is 5.54 Å². The number of rotatable bonds is 4. The summed E-state index contributed by atoms with van der Waals surface area (Å²) in [5.74, 6) is 0. The average molecular weight is 259 g/mol. The highest BCUT2D eigenvalue weighted by Crippen LogP contribution is 2.25. The van der Waals surface area contributed by atoms with Gasteiger partial charge >= 0.3 is 0 Å². The molecule has 0 bridgehead atoms. The Hall–Kier alpha value is -1.08. The van der Waals surface area contributed by atoms with E-state index in [-0.39, 0.29) is 11.0 Å². The van der Waals surface area contributed by atoms with Gasteiger partial charge < -0.3 is 5.73 Å². The Kier molecular flexibility index (Phi) is 4.98. The predicted octanol–water partition coefficient (Wildman–Crippen LogP) is 4.82. The van der Waals surface area contributed by atoms with E-state index < -0.39 is 0 Å². The molecule has 1 heteroatoms. The molecule has 0 aromatic heterocycles. The lowest BCUT2D eigenvalue weighted by molar-refractivity contribution is 0.482. The fraction of sp³-hybridized carbons (Fsp3) is 0.556. The Morgan fingerprint density at radius 2 is 1.74 bits per heavy atom. The lowest BCUT2D eigenvalue weighted by Gasteiger charge is -2.20. The molecule has 2 N–H and O–H groups in total. The first-order chi connectivity index (χ1) is 8.59. The summed E-state index contributed by atoms with van der Waals surface area (Å²) in [6, 6.07) is 6.76. The second-order valence-corrected chi connectivity index (χ2v) is 7.25. The van der Waals surface area contributed by atoms with Crippen LogP contribution in [0.25, 0.3) is 6.08 Å². The van der Waals surface area contributed by atoms with Crippen LogP contribution in [0.3, 0.4) is 0 Å². The maximum absolute atomic E-state index is 5.98. The van der Waals surface area contributed by atoms with Crippen molar-refractivity contribution in [2.75, 3.05) is 0 Å². The third-order valence-corrected chi connectivity index (χ3v) is 3.39. The zero-order valence-electron chi connectivity index (χ0n) is 13.4. The normalized spacial score (nSPS) is 13.2. The van der Waals surface area contributed by atoms with Gasteiger partial charge in [-0.15, -0.1) is 0 Å². The largest absolute Gasteiger partial charge is 0.326 e. The van der Waals surface area contributed by atoms with Crippen molar-refractivity contribution in [2.24, 2.45) is 5.73 Å². The highest BCUT2D eigenvalue weighted by Gasteiger charge is 2.13. The number of hydrogen-bond acceptors (Lipinski definition) is 1. The van der Waals surface area contributed by atoms with E-state index in [9.17, 15) is 0 Å². The van der Waals surface area contributed by atoms with Crippen molar-refractivity contribution in [1.29, 1.82) is 0 Å². The quantitative estimate of drug-likeness (QED) is 0.824. The maximum Gasteiger partial charge on any atom is 0.01000 e. The summed E-state index contributed by atoms with van der Waals surface area (Å²) in [6.45, 7) is 13.1. The molecule has 0 amide bonds. The lowest BCUT2D eigenvalue weighted by Crippen LogP contribution is -2.31. The van der Waals surface area contributed by atoms with Crippen LogP contribution in [0.4, 0.5) is 0 Å². The van der Waals surface area contributed by atoms with Gasteiger partial charge in [0.1, 0.15) is 0 Å². The van der Waals surface area contributed by atoms with Crippen LogP contribution in [0.5, 0.6) is 0 Å². The molecule has 1 aromatic carbocycles. The molecule has 0 spiro atoms. The smallest absolute Gasteiger partial charge is 0.01000 e. The summed E-state index contributed by atoms with van der Waals surface area (Å²) >= 11 is 0. The summed E-state index contributed by atoms with van der Waals surface area (Å²) in [5, 5.41) is 0. The highest BCUT2D eigenvalue weighted by atomic mass is 14.7. The van der Waals surface area contributed by atoms with Gasteiger partial charge in [-0.2, -0.15) is 0 Å². The minimum atomic E-state index is -0.0739. The molecule has 0 aliphatic rings. The van der Waals surface area contributed by atoms with E-state index in [1.165, 1.54) is 16.7 Å². The first-order valence-electron chi connectivity index (χ1n) is 7.16. The molecule has 0 saturated heterocycles. The van der Waals surface area contributed by atoms with Crippen molar-refractivity contribution in [2.45, 2.75) is 65.3 Å². The van der Waals surface area contributed by atoms with Crippen LogP contribution >= 0.6 is 0 Å². The molecule has 0 aliphatic carbocycles. The number of allylic oxidation sites excluding steroid dienone is 1. The van der Waals surface area contributed by atoms with E-state index in [1.54, 1.807) is 0 Å². The van der Waals surface area contributed by atoms with Gasteiger partial charge in [-0.25, -0.2) is 0 Å². The van der Waals surface area contributed by atoms with Crippen LogP contribution in [0.2, 0.25) is 0 Å². The molecule has 0 radical (unpaired) electrons. The number of nitrogens with two attached hydrogens (primary N) is 1. The van der Waals surface area contributed by atoms with Crippen LogP contribution in [0, 0.1) is 6.92 Å². The number of aryl methyl sites for hydroxylation is 1. The van der Waals surface area contributed by atoms with Crippen molar-refractivity contribution in [3.8, 4) is 0 Å². The first kappa shape index (κ1) is 16.0. The van der Waals surface area contributed by atoms with Gasteiger partial charge in [-0.1, -0.05) is 51.1 Å². The summed E-state index contributed by atoms with van der Waals surface area (Å²) in [4.78, 5) is 0. The third-order valence-electron chi connectivity index (χ3n) is 3.39. The monoisotopic (exact) mass is 259 g/mol. The van der Waals surface area contributed by atoms with E-state index >= 15 is 0 Å². The molecule has 0 unspecified atom stereocenters. The molecule has 19 heavy (non-hydrogen) atoms. The standard InChI is InChI=1S/C18H29N/c1-14-13-16(17(2,3)4)11-10-15(14)9-7-8-12-18(5,6)19/h7,9-11,13H,8,12,19H2,1-6H3/b9-7+. The second-order valence-electron chi connectivity index (χ2n) is 7.25. The third kappa shape index (κ3) is 5.61. The average Bonchev–Trinajstić information content (AvgIpc) is 2.23. The number of benzene rings is 1. The Morgan fingerprint density at radius 3 is 2.21 bits per heavy atom. The Morgan fingerprint density at radius 1 is 1.11 bits per heavy atom. The fourth-order valence-corrected chi connectivity index (χ4v) is 1.99. The maximum atomic E-state index is 5.98. The second kappa shape index (κ2) is 5.92. The lowest BCUT2D eigenvalue weighted by atomic mass is 9.85. The Balaban J connectivity index is 2.73. The van der Waals surface area contributed by atoms with Crippen molar-refractivity contribution in [3.63, 3.8) is 0 Å². The molecule has 1 nitrogen and oxygen atoms in total. The molecular weight excluding hydrogens is 230 g/mol. The number of hydrogen-bond donors (Lipinski definition) is 1. The molecule has 0 heterocycles. The predicted molar refractivity (Wildman–Crippen MR) is 86.4 cm³/mol. The van der Waals surface area contributed by atoms with Gasteiger partial charge in [0.05, 0.1) is 0 Å². The minimum Gasteiger partial charge on any atom is -0.326 e. The molecule has 0 aliphatic heterocycles. The van der Waals surface area contributed by atoms with Crippen molar-refractivity contribution < 1.29 is 0 Å². The molecule has 0 saturated carbocycles. The van der Waals surface area contributed by atoms with Crippen LogP contribution < -0.4 is 5.73 Å². The van der Waals surface area contributed by atoms with Crippen molar-refractivity contribution in [3.05, 3.63) is 41.0 Å². The summed E-state index contributed by atoms with van der Waals surface area (Å²) in [5.41, 5.74) is 10.2. The molecule has 0 atom stereocenters. The van der Waals surface area contributed by atoms with E-state index in [0.717, 1.165) is 12.8 Å². The van der Waals surface area contributed by atoms with Crippen LogP contribution in [0.15, 0.2) is 24.3 Å². The molecule has 1 rings (SSSR count). The van der Waals surface area contributed by atoms with E-state index in [0.29, 0.717) is 0 Å². The SMILES string of the molecule is Cc1cc(C(C)(C)C)ccc1/C=C/CCC(C)(C)N. The van der Waals surface area contributed by atoms with Crippen LogP contribution in [0.1, 0.15) is 64.2 Å². The Bertz CT molecular complexity index is 442. The Labute approximate surface area is 118 Å². The van der Waals surface area contributed by atoms with E-state index in [4.69, 9.17) is 5.73 Å². The summed E-state index contributed by atoms with van der Waals surface area (Å²) in [7, 11) is 0. The summed E-state index contributed by atoms with van der Waals surface area (Å²) in [6.07, 6.45) is 6.49. The molecular formula is C18H29N. The molecule has 106 valence electrons. The van der Waals surface area contributed by atoms with Gasteiger partial charge in [0.15, 0.2) is 0 Å². The topological polar surface area (TPSA) is 26.0 Å². The van der Waals surface area contributed by atoms with Gasteiger partial charge in [-0.3, -0.25) is 0 Å². The molecule has 0 fully saturated rings. The zero-order valence-corrected chi connectivity index (χ0v) is 13.4. The minimum absolute atomic E-state index is 0.0739. The van der Waals surface area contributed by atoms with Crippen molar-refractivity contribution in [1.82, 2.24) is 0 Å². The van der Waals surface area contributed by atoms with Crippen LogP contribution in [-0.4, -0.2) is 5.54 Å². The van der Waals surface area contributed by atoms with E-state index in [1.807, 2.05) is 0 Å². The summed E-state index contributed by atoms with van der Waals surface area (Å²) < 4.78 is 0. The van der Waals surface area contributed by atoms with Gasteiger partial charge in [0.25, 0.3) is 0 Å². The highest BCUT2D eigenvalue weighted by molar-refractivity contribution is 5.54. The van der Waals surface area contributed by atoms with E-state index in [2.05, 4.69) is 71.9 Å². The molecule has 1 aromatic rings. The van der Waals surface area contributed by atoms with Gasteiger partial charge in [-0.05, 0) is 55.7 Å². The fourth-order valence-electron chi connectivity index (χ4n) is 1.99.